The van der Waals surface area contributed by atoms with Crippen molar-refractivity contribution < 1.29 is 4.74 Å². The van der Waals surface area contributed by atoms with Gasteiger partial charge in [0.05, 0.1) is 18.5 Å². The molecule has 0 radical (unpaired) electrons. The summed E-state index contributed by atoms with van der Waals surface area (Å²) in [7, 11) is 0. The second kappa shape index (κ2) is 7.57. The maximum absolute atomic E-state index is 12.7. The number of benzene rings is 1. The molecule has 1 aromatic heterocycles. The highest BCUT2D eigenvalue weighted by Crippen LogP contribution is 2.16. The number of aromatic nitrogens is 2. The molecule has 2 aromatic rings. The first-order valence-corrected chi connectivity index (χ1v) is 8.59. The van der Waals surface area contributed by atoms with Crippen molar-refractivity contribution in [2.24, 2.45) is 5.10 Å². The number of aromatic amines is 1. The Bertz CT molecular complexity index is 758. The molecule has 0 aliphatic carbocycles. The van der Waals surface area contributed by atoms with Crippen LogP contribution in [0.2, 0.25) is 5.02 Å². The van der Waals surface area contributed by atoms with Crippen molar-refractivity contribution in [2.75, 3.05) is 19.7 Å². The first-order valence-electron chi connectivity index (χ1n) is 8.21. The molecule has 2 heterocycles. The van der Waals surface area contributed by atoms with Crippen LogP contribution in [0.1, 0.15) is 31.7 Å². The fraction of sp³-hybridized carbons (Fsp3) is 0.412. The lowest BCUT2D eigenvalue weighted by Gasteiger charge is -2.23. The molecule has 1 N–H and O–H groups in total. The molecular weight excluding hydrogens is 328 g/mol. The van der Waals surface area contributed by atoms with Crippen molar-refractivity contribution >= 4 is 17.8 Å². The Morgan fingerprint density at radius 1 is 1.25 bits per heavy atom. The number of hydrazone groups is 1. The van der Waals surface area contributed by atoms with Gasteiger partial charge in [0.15, 0.2) is 0 Å². The third kappa shape index (κ3) is 3.64. The van der Waals surface area contributed by atoms with E-state index in [0.29, 0.717) is 28.8 Å². The predicted molar refractivity (Wildman–Crippen MR) is 95.6 cm³/mol. The molecule has 0 unspecified atom stereocenters. The molecule has 3 rings (SSSR count). The van der Waals surface area contributed by atoms with Crippen LogP contribution in [0.3, 0.4) is 0 Å². The topological polar surface area (TPSA) is 62.6 Å². The monoisotopic (exact) mass is 348 g/mol. The summed E-state index contributed by atoms with van der Waals surface area (Å²) in [6, 6.07) is 7.04. The molecule has 1 aliphatic heterocycles. The van der Waals surface area contributed by atoms with Gasteiger partial charge in [-0.05, 0) is 50.5 Å². The lowest BCUT2D eigenvalue weighted by atomic mass is 10.2. The standard InChI is InChI=1S/C17H21ClN4O2/c1-2-24-16-15(12-19-21-10-4-3-5-11-21)17(23)22(20-16)14-8-6-13(18)7-9-14/h6-9,12,20H,2-5,10-11H2,1H3. The molecule has 1 fully saturated rings. The van der Waals surface area contributed by atoms with Gasteiger partial charge in [-0.3, -0.25) is 14.9 Å². The van der Waals surface area contributed by atoms with Crippen molar-refractivity contribution in [3.05, 3.63) is 45.2 Å². The molecular formula is C17H21ClN4O2. The van der Waals surface area contributed by atoms with Gasteiger partial charge in [-0.2, -0.15) is 5.10 Å². The Kier molecular flexibility index (Phi) is 5.25. The summed E-state index contributed by atoms with van der Waals surface area (Å²) in [6.07, 6.45) is 5.11. The molecule has 24 heavy (non-hydrogen) atoms. The van der Waals surface area contributed by atoms with E-state index in [1.54, 1.807) is 30.5 Å². The van der Waals surface area contributed by atoms with Crippen LogP contribution in [0, 0.1) is 0 Å². The summed E-state index contributed by atoms with van der Waals surface area (Å²) < 4.78 is 7.01. The van der Waals surface area contributed by atoms with E-state index < -0.39 is 0 Å². The van der Waals surface area contributed by atoms with E-state index in [9.17, 15) is 4.79 Å². The zero-order valence-electron chi connectivity index (χ0n) is 13.7. The second-order valence-corrected chi connectivity index (χ2v) is 6.10. The molecule has 0 amide bonds. The van der Waals surface area contributed by atoms with E-state index in [2.05, 4.69) is 10.2 Å². The number of nitrogens with zero attached hydrogens (tertiary/aromatic N) is 3. The van der Waals surface area contributed by atoms with Crippen LogP contribution < -0.4 is 10.3 Å². The number of piperidine rings is 1. The second-order valence-electron chi connectivity index (χ2n) is 5.66. The molecule has 1 aliphatic rings. The van der Waals surface area contributed by atoms with Crippen molar-refractivity contribution in [2.45, 2.75) is 26.2 Å². The maximum Gasteiger partial charge on any atom is 0.284 e. The highest BCUT2D eigenvalue weighted by atomic mass is 35.5. The largest absolute Gasteiger partial charge is 0.478 e. The molecule has 7 heteroatoms. The first kappa shape index (κ1) is 16.6. The molecule has 0 bridgehead atoms. The lowest BCUT2D eigenvalue weighted by molar-refractivity contribution is 0.240. The van der Waals surface area contributed by atoms with Crippen LogP contribution in [0.5, 0.6) is 5.88 Å². The van der Waals surface area contributed by atoms with Crippen LogP contribution in [0.4, 0.5) is 0 Å². The number of halogens is 1. The van der Waals surface area contributed by atoms with E-state index in [4.69, 9.17) is 16.3 Å². The van der Waals surface area contributed by atoms with Crippen molar-refractivity contribution in [1.82, 2.24) is 14.8 Å². The summed E-state index contributed by atoms with van der Waals surface area (Å²) in [6.45, 7) is 4.20. The molecule has 1 saturated heterocycles. The average molecular weight is 349 g/mol. The van der Waals surface area contributed by atoms with E-state index in [1.165, 1.54) is 11.1 Å². The van der Waals surface area contributed by atoms with E-state index in [1.807, 2.05) is 11.9 Å². The highest BCUT2D eigenvalue weighted by molar-refractivity contribution is 6.30. The third-order valence-corrected chi connectivity index (χ3v) is 4.20. The van der Waals surface area contributed by atoms with Crippen molar-refractivity contribution in [3.8, 4) is 11.6 Å². The Balaban J connectivity index is 1.93. The van der Waals surface area contributed by atoms with E-state index in [0.717, 1.165) is 25.9 Å². The Hall–Kier alpha value is -2.21. The van der Waals surface area contributed by atoms with Crippen molar-refractivity contribution in [3.63, 3.8) is 0 Å². The highest BCUT2D eigenvalue weighted by Gasteiger charge is 2.16. The Morgan fingerprint density at radius 2 is 1.96 bits per heavy atom. The van der Waals surface area contributed by atoms with Crippen LogP contribution >= 0.6 is 11.6 Å². The van der Waals surface area contributed by atoms with Gasteiger partial charge in [0.1, 0.15) is 5.56 Å². The van der Waals surface area contributed by atoms with Gasteiger partial charge in [0.2, 0.25) is 5.88 Å². The van der Waals surface area contributed by atoms with Gasteiger partial charge in [-0.1, -0.05) is 11.6 Å². The SMILES string of the molecule is CCOc1[nH]n(-c2ccc(Cl)cc2)c(=O)c1C=NN1CCCCC1. The van der Waals surface area contributed by atoms with Crippen LogP contribution in [0.25, 0.3) is 5.69 Å². The molecule has 128 valence electrons. The third-order valence-electron chi connectivity index (χ3n) is 3.95. The molecule has 0 spiro atoms. The fourth-order valence-corrected chi connectivity index (χ4v) is 2.83. The normalized spacial score (nSPS) is 15.2. The summed E-state index contributed by atoms with van der Waals surface area (Å²) in [5, 5.41) is 10.1. The van der Waals surface area contributed by atoms with Gasteiger partial charge in [-0.25, -0.2) is 4.68 Å². The number of rotatable bonds is 5. The number of ether oxygens (including phenoxy) is 1. The minimum Gasteiger partial charge on any atom is -0.478 e. The average Bonchev–Trinajstić information content (AvgIpc) is 2.91. The fourth-order valence-electron chi connectivity index (χ4n) is 2.70. The van der Waals surface area contributed by atoms with E-state index >= 15 is 0 Å². The Labute approximate surface area is 145 Å². The van der Waals surface area contributed by atoms with Gasteiger partial charge in [0.25, 0.3) is 5.56 Å². The minimum atomic E-state index is -0.193. The van der Waals surface area contributed by atoms with Crippen LogP contribution in [0.15, 0.2) is 34.2 Å². The van der Waals surface area contributed by atoms with E-state index in [-0.39, 0.29) is 5.56 Å². The van der Waals surface area contributed by atoms with Gasteiger partial charge in [0, 0.05) is 18.1 Å². The van der Waals surface area contributed by atoms with Gasteiger partial charge < -0.3 is 4.74 Å². The van der Waals surface area contributed by atoms with Crippen LogP contribution in [-0.4, -0.2) is 40.7 Å². The lowest BCUT2D eigenvalue weighted by Crippen LogP contribution is -2.25. The number of nitrogens with one attached hydrogen (secondary N) is 1. The van der Waals surface area contributed by atoms with Gasteiger partial charge >= 0.3 is 0 Å². The predicted octanol–water partition coefficient (Wildman–Crippen LogP) is 3.04. The molecule has 0 saturated carbocycles. The molecule has 1 aromatic carbocycles. The summed E-state index contributed by atoms with van der Waals surface area (Å²) in [5.74, 6) is 0.429. The minimum absolute atomic E-state index is 0.193. The quantitative estimate of drug-likeness (QED) is 0.845. The molecule has 6 nitrogen and oxygen atoms in total. The molecule has 0 atom stereocenters. The zero-order chi connectivity index (χ0) is 16.9. The summed E-state index contributed by atoms with van der Waals surface area (Å²) in [4.78, 5) is 12.7. The zero-order valence-corrected chi connectivity index (χ0v) is 14.4. The van der Waals surface area contributed by atoms with Crippen LogP contribution in [-0.2, 0) is 0 Å². The summed E-state index contributed by atoms with van der Waals surface area (Å²) >= 11 is 5.91. The maximum atomic E-state index is 12.7. The number of hydrogen-bond acceptors (Lipinski definition) is 4. The number of hydrogen-bond donors (Lipinski definition) is 1. The Morgan fingerprint density at radius 3 is 2.62 bits per heavy atom. The van der Waals surface area contributed by atoms with Crippen molar-refractivity contribution in [1.29, 1.82) is 0 Å². The first-order chi connectivity index (χ1) is 11.7. The summed E-state index contributed by atoms with van der Waals surface area (Å²) in [5.41, 5.74) is 0.932. The number of H-pyrrole nitrogens is 1. The van der Waals surface area contributed by atoms with Gasteiger partial charge in [-0.15, -0.1) is 0 Å². The smallest absolute Gasteiger partial charge is 0.284 e.